The maximum absolute atomic E-state index is 13.0. The SMILES string of the molecule is CC1CN(c2cc(C(F)(F)F)nc(N(C)C)n2)CCC1(C)O. The molecule has 1 saturated heterocycles. The quantitative estimate of drug-likeness (QED) is 0.905. The maximum Gasteiger partial charge on any atom is 0.433 e. The Balaban J connectivity index is 2.37. The third kappa shape index (κ3) is 3.43. The summed E-state index contributed by atoms with van der Waals surface area (Å²) in [5.74, 6) is 0.205. The van der Waals surface area contributed by atoms with E-state index < -0.39 is 17.5 Å². The summed E-state index contributed by atoms with van der Waals surface area (Å²) >= 11 is 0. The number of anilines is 2. The minimum Gasteiger partial charge on any atom is -0.390 e. The molecule has 2 unspecified atom stereocenters. The largest absolute Gasteiger partial charge is 0.433 e. The summed E-state index contributed by atoms with van der Waals surface area (Å²) in [6.07, 6.45) is -4.04. The van der Waals surface area contributed by atoms with E-state index in [4.69, 9.17) is 0 Å². The number of piperidine rings is 1. The Morgan fingerprint density at radius 3 is 2.50 bits per heavy atom. The third-order valence-electron chi connectivity index (χ3n) is 4.16. The first-order valence-electron chi connectivity index (χ1n) is 7.11. The van der Waals surface area contributed by atoms with E-state index in [9.17, 15) is 18.3 Å². The molecule has 1 aromatic heterocycles. The number of hydrogen-bond donors (Lipinski definition) is 1. The normalized spacial score (nSPS) is 26.2. The van der Waals surface area contributed by atoms with E-state index in [2.05, 4.69) is 9.97 Å². The predicted molar refractivity (Wildman–Crippen MR) is 78.0 cm³/mol. The molecule has 1 N–H and O–H groups in total. The summed E-state index contributed by atoms with van der Waals surface area (Å²) in [5.41, 5.74) is -1.76. The molecule has 1 aliphatic rings. The zero-order valence-electron chi connectivity index (χ0n) is 13.1. The van der Waals surface area contributed by atoms with Gasteiger partial charge in [-0.15, -0.1) is 0 Å². The lowest BCUT2D eigenvalue weighted by atomic mass is 9.84. The Hall–Kier alpha value is -1.57. The van der Waals surface area contributed by atoms with E-state index in [0.29, 0.717) is 19.5 Å². The molecule has 0 spiro atoms. The zero-order valence-corrected chi connectivity index (χ0v) is 13.1. The van der Waals surface area contributed by atoms with Gasteiger partial charge in [-0.2, -0.15) is 18.2 Å². The molecule has 0 amide bonds. The van der Waals surface area contributed by atoms with Crippen molar-refractivity contribution in [1.29, 1.82) is 0 Å². The molecule has 0 bridgehead atoms. The van der Waals surface area contributed by atoms with Crippen molar-refractivity contribution in [3.8, 4) is 0 Å². The Bertz CT molecular complexity index is 545. The highest BCUT2D eigenvalue weighted by Crippen LogP contribution is 2.34. The molecule has 5 nitrogen and oxygen atoms in total. The van der Waals surface area contributed by atoms with E-state index in [-0.39, 0.29) is 17.7 Å². The zero-order chi connectivity index (χ0) is 16.7. The Labute approximate surface area is 127 Å². The first-order chi connectivity index (χ1) is 10.0. The van der Waals surface area contributed by atoms with E-state index in [1.807, 2.05) is 6.92 Å². The van der Waals surface area contributed by atoms with Crippen molar-refractivity contribution in [2.45, 2.75) is 32.0 Å². The second kappa shape index (κ2) is 5.57. The molecule has 22 heavy (non-hydrogen) atoms. The summed E-state index contributed by atoms with van der Waals surface area (Å²) in [6, 6.07) is 0.972. The molecule has 0 aliphatic carbocycles. The average Bonchev–Trinajstić information content (AvgIpc) is 2.40. The molecule has 0 radical (unpaired) electrons. The smallest absolute Gasteiger partial charge is 0.390 e. The van der Waals surface area contributed by atoms with E-state index in [1.54, 1.807) is 25.9 Å². The van der Waals surface area contributed by atoms with Crippen LogP contribution in [-0.2, 0) is 6.18 Å². The van der Waals surface area contributed by atoms with Crippen molar-refractivity contribution < 1.29 is 18.3 Å². The lowest BCUT2D eigenvalue weighted by molar-refractivity contribution is -0.141. The van der Waals surface area contributed by atoms with Gasteiger partial charge in [-0.1, -0.05) is 6.92 Å². The third-order valence-corrected chi connectivity index (χ3v) is 4.16. The first kappa shape index (κ1) is 16.8. The van der Waals surface area contributed by atoms with Gasteiger partial charge in [0.15, 0.2) is 5.69 Å². The van der Waals surface area contributed by atoms with Gasteiger partial charge in [-0.05, 0) is 13.3 Å². The van der Waals surface area contributed by atoms with Crippen molar-refractivity contribution in [2.24, 2.45) is 5.92 Å². The number of rotatable bonds is 2. The molecule has 2 atom stereocenters. The van der Waals surface area contributed by atoms with Crippen LogP contribution in [0.25, 0.3) is 0 Å². The van der Waals surface area contributed by atoms with E-state index in [1.165, 1.54) is 4.90 Å². The Morgan fingerprint density at radius 1 is 1.36 bits per heavy atom. The van der Waals surface area contributed by atoms with Crippen LogP contribution in [0.2, 0.25) is 0 Å². The fraction of sp³-hybridized carbons (Fsp3) is 0.714. The minimum absolute atomic E-state index is 0.0230. The van der Waals surface area contributed by atoms with Crippen LogP contribution in [0.5, 0.6) is 0 Å². The lowest BCUT2D eigenvalue weighted by Gasteiger charge is -2.41. The summed E-state index contributed by atoms with van der Waals surface area (Å²) in [7, 11) is 3.20. The van der Waals surface area contributed by atoms with Gasteiger partial charge in [0.1, 0.15) is 5.82 Å². The van der Waals surface area contributed by atoms with Gasteiger partial charge >= 0.3 is 6.18 Å². The van der Waals surface area contributed by atoms with Crippen molar-refractivity contribution in [1.82, 2.24) is 9.97 Å². The molecule has 0 saturated carbocycles. The Kier molecular flexibility index (Phi) is 4.25. The highest BCUT2D eigenvalue weighted by atomic mass is 19.4. The average molecular weight is 318 g/mol. The molecular formula is C14H21F3N4O. The maximum atomic E-state index is 13.0. The lowest BCUT2D eigenvalue weighted by Crippen LogP contribution is -2.49. The summed E-state index contributed by atoms with van der Waals surface area (Å²) in [6.45, 7) is 4.54. The second-order valence-electron chi connectivity index (χ2n) is 6.26. The number of alkyl halides is 3. The van der Waals surface area contributed by atoms with Gasteiger partial charge in [0, 0.05) is 39.2 Å². The van der Waals surface area contributed by atoms with Crippen LogP contribution in [0.1, 0.15) is 26.0 Å². The number of aromatic nitrogens is 2. The van der Waals surface area contributed by atoms with Gasteiger partial charge in [0.25, 0.3) is 0 Å². The minimum atomic E-state index is -4.52. The molecule has 1 aliphatic heterocycles. The summed E-state index contributed by atoms with van der Waals surface area (Å²) < 4.78 is 39.0. The van der Waals surface area contributed by atoms with Crippen LogP contribution >= 0.6 is 0 Å². The number of halogens is 3. The standard InChI is InChI=1S/C14H21F3N4O/c1-9-8-21(6-5-13(9,2)22)11-7-10(14(15,16)17)18-12(19-11)20(3)4/h7,9,22H,5-6,8H2,1-4H3. The molecule has 0 aromatic carbocycles. The van der Waals surface area contributed by atoms with Crippen molar-refractivity contribution in [3.05, 3.63) is 11.8 Å². The molecule has 124 valence electrons. The van der Waals surface area contributed by atoms with E-state index >= 15 is 0 Å². The highest BCUT2D eigenvalue weighted by molar-refractivity contribution is 5.46. The van der Waals surface area contributed by atoms with Crippen LogP contribution < -0.4 is 9.80 Å². The fourth-order valence-electron chi connectivity index (χ4n) is 2.36. The van der Waals surface area contributed by atoms with Crippen LogP contribution in [0.4, 0.5) is 24.9 Å². The molecule has 2 rings (SSSR count). The summed E-state index contributed by atoms with van der Waals surface area (Å²) in [4.78, 5) is 11.0. The van der Waals surface area contributed by atoms with Crippen molar-refractivity contribution in [2.75, 3.05) is 37.0 Å². The van der Waals surface area contributed by atoms with Crippen LogP contribution in [0.15, 0.2) is 6.07 Å². The number of hydrogen-bond acceptors (Lipinski definition) is 5. The van der Waals surface area contributed by atoms with Gasteiger partial charge in [0.2, 0.25) is 5.95 Å². The van der Waals surface area contributed by atoms with Crippen molar-refractivity contribution >= 4 is 11.8 Å². The van der Waals surface area contributed by atoms with Crippen molar-refractivity contribution in [3.63, 3.8) is 0 Å². The van der Waals surface area contributed by atoms with Gasteiger partial charge in [-0.25, -0.2) is 4.98 Å². The monoisotopic (exact) mass is 318 g/mol. The predicted octanol–water partition coefficient (Wildman–Crippen LogP) is 2.16. The van der Waals surface area contributed by atoms with Gasteiger partial charge < -0.3 is 14.9 Å². The topological polar surface area (TPSA) is 52.5 Å². The second-order valence-corrected chi connectivity index (χ2v) is 6.26. The molecule has 8 heteroatoms. The van der Waals surface area contributed by atoms with Gasteiger partial charge in [0.05, 0.1) is 5.60 Å². The van der Waals surface area contributed by atoms with Crippen LogP contribution in [0, 0.1) is 5.92 Å². The fourth-order valence-corrected chi connectivity index (χ4v) is 2.36. The highest BCUT2D eigenvalue weighted by Gasteiger charge is 2.37. The molecule has 1 fully saturated rings. The Morgan fingerprint density at radius 2 is 2.00 bits per heavy atom. The number of aliphatic hydroxyl groups is 1. The van der Waals surface area contributed by atoms with Crippen LogP contribution in [-0.4, -0.2) is 47.9 Å². The number of nitrogens with zero attached hydrogens (tertiary/aromatic N) is 4. The van der Waals surface area contributed by atoms with Crippen LogP contribution in [0.3, 0.4) is 0 Å². The molecular weight excluding hydrogens is 297 g/mol. The first-order valence-corrected chi connectivity index (χ1v) is 7.11. The molecule has 2 heterocycles. The van der Waals surface area contributed by atoms with Gasteiger partial charge in [-0.3, -0.25) is 0 Å². The molecule has 1 aromatic rings. The van der Waals surface area contributed by atoms with E-state index in [0.717, 1.165) is 6.07 Å². The summed E-state index contributed by atoms with van der Waals surface area (Å²) in [5, 5.41) is 10.2.